The van der Waals surface area contributed by atoms with Gasteiger partial charge in [-0.25, -0.2) is 4.79 Å². The molecule has 0 fully saturated rings. The number of carboxylic acid groups (broad SMARTS) is 1. The molecule has 4 nitrogen and oxygen atoms in total. The van der Waals surface area contributed by atoms with E-state index in [1.165, 1.54) is 0 Å². The van der Waals surface area contributed by atoms with Crippen molar-refractivity contribution in [2.24, 2.45) is 5.73 Å². The Hall–Kier alpha value is -1.32. The number of amidine groups is 1. The van der Waals surface area contributed by atoms with Gasteiger partial charge in [0.15, 0.2) is 0 Å². The third-order valence-corrected chi connectivity index (χ3v) is 0.405. The van der Waals surface area contributed by atoms with Crippen LogP contribution < -0.4 is 5.73 Å². The average Bonchev–Trinajstić information content (AvgIpc) is 1.61. The second-order valence-corrected chi connectivity index (χ2v) is 1.13. The van der Waals surface area contributed by atoms with Crippen molar-refractivity contribution in [1.82, 2.24) is 0 Å². The van der Waals surface area contributed by atoms with E-state index in [1.807, 2.05) is 0 Å². The van der Waals surface area contributed by atoms with Crippen LogP contribution in [0.15, 0.2) is 12.2 Å². The van der Waals surface area contributed by atoms with Gasteiger partial charge in [0.2, 0.25) is 0 Å². The van der Waals surface area contributed by atoms with Crippen molar-refractivity contribution >= 4 is 11.8 Å². The van der Waals surface area contributed by atoms with Crippen LogP contribution in [0.4, 0.5) is 0 Å². The third kappa shape index (κ3) is 4.68. The van der Waals surface area contributed by atoms with Gasteiger partial charge in [0.05, 0.1) is 0 Å². The number of carbonyl (C=O) groups is 1. The van der Waals surface area contributed by atoms with Gasteiger partial charge in [-0.3, -0.25) is 5.41 Å². The number of hydrogen-bond donors (Lipinski definition) is 3. The molecule has 0 saturated carbocycles. The smallest absolute Gasteiger partial charge is 0.328 e. The highest BCUT2D eigenvalue weighted by molar-refractivity contribution is 5.94. The van der Waals surface area contributed by atoms with Crippen LogP contribution in [0, 0.1) is 5.41 Å². The second kappa shape index (κ2) is 2.79. The summed E-state index contributed by atoms with van der Waals surface area (Å²) in [5, 5.41) is 14.4. The zero-order chi connectivity index (χ0) is 6.57. The van der Waals surface area contributed by atoms with Gasteiger partial charge in [0, 0.05) is 6.08 Å². The van der Waals surface area contributed by atoms with E-state index in [4.69, 9.17) is 16.2 Å². The van der Waals surface area contributed by atoms with Crippen molar-refractivity contribution in [3.63, 3.8) is 0 Å². The fourth-order valence-electron chi connectivity index (χ4n) is 0.161. The summed E-state index contributed by atoms with van der Waals surface area (Å²) >= 11 is 0. The topological polar surface area (TPSA) is 87.2 Å². The lowest BCUT2D eigenvalue weighted by Gasteiger charge is -1.78. The molecule has 4 heteroatoms. The first kappa shape index (κ1) is 6.68. The maximum absolute atomic E-state index is 9.66. The van der Waals surface area contributed by atoms with Crippen molar-refractivity contribution < 1.29 is 9.90 Å². The summed E-state index contributed by atoms with van der Waals surface area (Å²) in [6.45, 7) is 0. The van der Waals surface area contributed by atoms with Crippen LogP contribution in [0.25, 0.3) is 0 Å². The van der Waals surface area contributed by atoms with Gasteiger partial charge >= 0.3 is 5.97 Å². The zero-order valence-electron chi connectivity index (χ0n) is 4.09. The second-order valence-electron chi connectivity index (χ2n) is 1.13. The molecular weight excluding hydrogens is 108 g/mol. The van der Waals surface area contributed by atoms with Gasteiger partial charge in [0.25, 0.3) is 0 Å². The number of nitrogens with one attached hydrogen (secondary N) is 1. The summed E-state index contributed by atoms with van der Waals surface area (Å²) in [5.74, 6) is -1.35. The van der Waals surface area contributed by atoms with E-state index in [1.54, 1.807) is 0 Å². The Morgan fingerprint density at radius 2 is 2.12 bits per heavy atom. The van der Waals surface area contributed by atoms with Crippen LogP contribution >= 0.6 is 0 Å². The zero-order valence-corrected chi connectivity index (χ0v) is 4.09. The fourth-order valence-corrected chi connectivity index (χ4v) is 0.161. The van der Waals surface area contributed by atoms with E-state index >= 15 is 0 Å². The summed E-state index contributed by atoms with van der Waals surface area (Å²) in [4.78, 5) is 9.66. The lowest BCUT2D eigenvalue weighted by atomic mass is 10.5. The van der Waals surface area contributed by atoms with Gasteiger partial charge in [-0.15, -0.1) is 0 Å². The molecule has 0 aromatic carbocycles. The van der Waals surface area contributed by atoms with E-state index < -0.39 is 5.97 Å². The first-order valence-corrected chi connectivity index (χ1v) is 1.88. The van der Waals surface area contributed by atoms with Crippen molar-refractivity contribution in [3.05, 3.63) is 12.2 Å². The molecule has 0 unspecified atom stereocenters. The Morgan fingerprint density at radius 3 is 2.25 bits per heavy atom. The Labute approximate surface area is 46.1 Å². The molecular formula is C4H6N2O2. The van der Waals surface area contributed by atoms with Crippen LogP contribution in [0.2, 0.25) is 0 Å². The highest BCUT2D eigenvalue weighted by Gasteiger charge is 1.83. The Kier molecular flexibility index (Phi) is 2.33. The predicted octanol–water partition coefficient (Wildman–Crippen LogP) is -0.437. The maximum Gasteiger partial charge on any atom is 0.328 e. The van der Waals surface area contributed by atoms with Crippen molar-refractivity contribution in [1.29, 1.82) is 5.41 Å². The molecule has 0 aromatic rings. The quantitative estimate of drug-likeness (QED) is 0.258. The molecule has 0 atom stereocenters. The van der Waals surface area contributed by atoms with Crippen LogP contribution in [-0.4, -0.2) is 16.9 Å². The standard InChI is InChI=1S/C4H6N2O2/c5-3(6)1-2-4(7)8/h1-2H,(H3,5,6)(H,7,8). The number of aliphatic carboxylic acids is 1. The molecule has 0 saturated heterocycles. The Bertz CT molecular complexity index is 123. The SMILES string of the molecule is N=C(N)C=CC(=O)O. The normalized spacial score (nSPS) is 9.50. The van der Waals surface area contributed by atoms with E-state index in [-0.39, 0.29) is 5.84 Å². The molecule has 0 aromatic heterocycles. The van der Waals surface area contributed by atoms with Crippen molar-refractivity contribution in [2.75, 3.05) is 0 Å². The van der Waals surface area contributed by atoms with E-state index in [0.717, 1.165) is 12.2 Å². The highest BCUT2D eigenvalue weighted by Crippen LogP contribution is 1.68. The maximum atomic E-state index is 9.66. The summed E-state index contributed by atoms with van der Waals surface area (Å²) in [7, 11) is 0. The number of carboxylic acids is 1. The van der Waals surface area contributed by atoms with Crippen LogP contribution in [0.1, 0.15) is 0 Å². The van der Waals surface area contributed by atoms with Gasteiger partial charge in [-0.05, 0) is 6.08 Å². The minimum Gasteiger partial charge on any atom is -0.478 e. The number of nitrogens with two attached hydrogens (primary N) is 1. The molecule has 0 aliphatic carbocycles. The van der Waals surface area contributed by atoms with E-state index in [9.17, 15) is 4.79 Å². The highest BCUT2D eigenvalue weighted by atomic mass is 16.4. The minimum atomic E-state index is -1.10. The third-order valence-electron chi connectivity index (χ3n) is 0.405. The van der Waals surface area contributed by atoms with Gasteiger partial charge in [-0.1, -0.05) is 0 Å². The monoisotopic (exact) mass is 114 g/mol. The van der Waals surface area contributed by atoms with Crippen molar-refractivity contribution in [2.45, 2.75) is 0 Å². The predicted molar refractivity (Wildman–Crippen MR) is 28.7 cm³/mol. The molecule has 0 radical (unpaired) electrons. The molecule has 0 aliphatic heterocycles. The Balaban J connectivity index is 3.67. The first-order chi connectivity index (χ1) is 3.63. The molecule has 0 rings (SSSR count). The van der Waals surface area contributed by atoms with Crippen molar-refractivity contribution in [3.8, 4) is 0 Å². The number of hydrogen-bond acceptors (Lipinski definition) is 2. The molecule has 44 valence electrons. The van der Waals surface area contributed by atoms with Gasteiger partial charge < -0.3 is 10.8 Å². The van der Waals surface area contributed by atoms with Crippen LogP contribution in [-0.2, 0) is 4.79 Å². The largest absolute Gasteiger partial charge is 0.478 e. The molecule has 8 heavy (non-hydrogen) atoms. The fraction of sp³-hybridized carbons (Fsp3) is 0. The molecule has 4 N–H and O–H groups in total. The van der Waals surface area contributed by atoms with Gasteiger partial charge in [-0.2, -0.15) is 0 Å². The summed E-state index contributed by atoms with van der Waals surface area (Å²) in [5.41, 5.74) is 4.77. The average molecular weight is 114 g/mol. The van der Waals surface area contributed by atoms with E-state index in [2.05, 4.69) is 0 Å². The molecule has 0 spiro atoms. The molecule has 0 heterocycles. The van der Waals surface area contributed by atoms with Crippen LogP contribution in [0.5, 0.6) is 0 Å². The lowest BCUT2D eigenvalue weighted by Crippen LogP contribution is -2.05. The Morgan fingerprint density at radius 1 is 1.62 bits per heavy atom. The molecule has 0 aliphatic rings. The summed E-state index contributed by atoms with van der Waals surface area (Å²) in [6.07, 6.45) is 1.81. The van der Waals surface area contributed by atoms with Crippen LogP contribution in [0.3, 0.4) is 0 Å². The summed E-state index contributed by atoms with van der Waals surface area (Å²) in [6, 6.07) is 0. The molecule has 0 bridgehead atoms. The minimum absolute atomic E-state index is 0.257. The summed E-state index contributed by atoms with van der Waals surface area (Å²) < 4.78 is 0. The lowest BCUT2D eigenvalue weighted by molar-refractivity contribution is -0.131. The molecule has 0 amide bonds. The number of rotatable bonds is 2. The van der Waals surface area contributed by atoms with Gasteiger partial charge in [0.1, 0.15) is 5.84 Å². The first-order valence-electron chi connectivity index (χ1n) is 1.88. The van der Waals surface area contributed by atoms with E-state index in [0.29, 0.717) is 0 Å².